The Labute approximate surface area is 158 Å². The van der Waals surface area contributed by atoms with E-state index in [0.717, 1.165) is 18.5 Å². The number of benzene rings is 1. The highest BCUT2D eigenvalue weighted by Crippen LogP contribution is 2.38. The first-order chi connectivity index (χ1) is 13.0. The van der Waals surface area contributed by atoms with E-state index in [1.54, 1.807) is 24.4 Å². The second-order valence-corrected chi connectivity index (χ2v) is 7.12. The van der Waals surface area contributed by atoms with Crippen molar-refractivity contribution in [2.75, 3.05) is 15.5 Å². The summed E-state index contributed by atoms with van der Waals surface area (Å²) in [6.45, 7) is 1.43. The standard InChI is InChI=1S/C17H16N6O3S/c1-9(24)19-16-21-13-8-18-15(22-14(13)27-16)23(11-5-6-11)12-4-2-3-10(7-12)20-17(25)26/h2-4,7-8,11,20H,5-6H2,1H3,(H,25,26)(H,19,21,24). The number of thiazole rings is 1. The maximum absolute atomic E-state index is 11.2. The SMILES string of the molecule is CC(=O)Nc1nc2cnc(N(c3cccc(NC(=O)O)c3)C3CC3)nc2s1. The molecule has 3 aromatic rings. The Morgan fingerprint density at radius 2 is 2.07 bits per heavy atom. The molecule has 0 bridgehead atoms. The molecule has 10 heteroatoms. The molecule has 2 aromatic heterocycles. The van der Waals surface area contributed by atoms with Crippen molar-refractivity contribution in [2.24, 2.45) is 0 Å². The molecule has 0 aliphatic heterocycles. The summed E-state index contributed by atoms with van der Waals surface area (Å²) >= 11 is 1.29. The molecule has 0 atom stereocenters. The summed E-state index contributed by atoms with van der Waals surface area (Å²) in [7, 11) is 0. The van der Waals surface area contributed by atoms with Gasteiger partial charge in [0.15, 0.2) is 9.96 Å². The van der Waals surface area contributed by atoms with E-state index in [9.17, 15) is 9.59 Å². The highest BCUT2D eigenvalue weighted by molar-refractivity contribution is 7.21. The van der Waals surface area contributed by atoms with Gasteiger partial charge in [-0.1, -0.05) is 17.4 Å². The third kappa shape index (κ3) is 3.80. The summed E-state index contributed by atoms with van der Waals surface area (Å²) in [6.07, 6.45) is 2.54. The largest absolute Gasteiger partial charge is 0.465 e. The van der Waals surface area contributed by atoms with Gasteiger partial charge in [0.2, 0.25) is 11.9 Å². The van der Waals surface area contributed by atoms with Crippen molar-refractivity contribution in [1.82, 2.24) is 15.0 Å². The zero-order chi connectivity index (χ0) is 19.0. The van der Waals surface area contributed by atoms with Crippen LogP contribution in [0.5, 0.6) is 0 Å². The molecular formula is C17H16N6O3S. The van der Waals surface area contributed by atoms with Crippen molar-refractivity contribution in [3.05, 3.63) is 30.5 Å². The Balaban J connectivity index is 1.70. The van der Waals surface area contributed by atoms with Gasteiger partial charge in [-0.05, 0) is 31.0 Å². The van der Waals surface area contributed by atoms with Crippen LogP contribution in [0.3, 0.4) is 0 Å². The van der Waals surface area contributed by atoms with Gasteiger partial charge in [-0.2, -0.15) is 4.98 Å². The van der Waals surface area contributed by atoms with Crippen LogP contribution in [0.1, 0.15) is 19.8 Å². The maximum atomic E-state index is 11.2. The molecular weight excluding hydrogens is 368 g/mol. The molecule has 0 radical (unpaired) electrons. The number of carboxylic acid groups (broad SMARTS) is 1. The summed E-state index contributed by atoms with van der Waals surface area (Å²) in [5.41, 5.74) is 1.91. The molecule has 9 nitrogen and oxygen atoms in total. The number of carbonyl (C=O) groups excluding carboxylic acids is 1. The second kappa shape index (κ2) is 6.80. The molecule has 27 heavy (non-hydrogen) atoms. The van der Waals surface area contributed by atoms with Crippen molar-refractivity contribution in [3.8, 4) is 0 Å². The first-order valence-electron chi connectivity index (χ1n) is 8.30. The first kappa shape index (κ1) is 17.2. The van der Waals surface area contributed by atoms with Gasteiger partial charge in [-0.3, -0.25) is 10.1 Å². The van der Waals surface area contributed by atoms with Crippen molar-refractivity contribution >= 4 is 56.1 Å². The average molecular weight is 384 g/mol. The molecule has 1 aliphatic carbocycles. The minimum absolute atomic E-state index is 0.190. The number of nitrogens with zero attached hydrogens (tertiary/aromatic N) is 4. The monoisotopic (exact) mass is 384 g/mol. The lowest BCUT2D eigenvalue weighted by Gasteiger charge is -2.22. The van der Waals surface area contributed by atoms with Gasteiger partial charge in [0.1, 0.15) is 5.52 Å². The fourth-order valence-corrected chi connectivity index (χ4v) is 3.58. The minimum atomic E-state index is -1.11. The fourth-order valence-electron chi connectivity index (χ4n) is 2.73. The lowest BCUT2D eigenvalue weighted by Crippen LogP contribution is -2.22. The van der Waals surface area contributed by atoms with Gasteiger partial charge < -0.3 is 15.3 Å². The maximum Gasteiger partial charge on any atom is 0.409 e. The van der Waals surface area contributed by atoms with E-state index in [2.05, 4.69) is 25.6 Å². The zero-order valence-electron chi connectivity index (χ0n) is 14.3. The quantitative estimate of drug-likeness (QED) is 0.616. The highest BCUT2D eigenvalue weighted by atomic mass is 32.1. The van der Waals surface area contributed by atoms with Gasteiger partial charge in [0.05, 0.1) is 6.20 Å². The molecule has 2 heterocycles. The van der Waals surface area contributed by atoms with Crippen molar-refractivity contribution in [2.45, 2.75) is 25.8 Å². The number of aromatic nitrogens is 3. The van der Waals surface area contributed by atoms with Crippen LogP contribution in [0.25, 0.3) is 10.3 Å². The molecule has 0 spiro atoms. The number of rotatable bonds is 5. The number of carbonyl (C=O) groups is 2. The van der Waals surface area contributed by atoms with E-state index in [1.807, 2.05) is 11.0 Å². The van der Waals surface area contributed by atoms with Gasteiger partial charge in [0, 0.05) is 24.3 Å². The molecule has 0 unspecified atom stereocenters. The third-order valence-corrected chi connectivity index (χ3v) is 4.80. The highest BCUT2D eigenvalue weighted by Gasteiger charge is 2.32. The Morgan fingerprint density at radius 1 is 1.26 bits per heavy atom. The van der Waals surface area contributed by atoms with Crippen molar-refractivity contribution in [3.63, 3.8) is 0 Å². The number of fused-ring (bicyclic) bond motifs is 1. The molecule has 1 saturated carbocycles. The van der Waals surface area contributed by atoms with Gasteiger partial charge >= 0.3 is 6.09 Å². The average Bonchev–Trinajstić information content (AvgIpc) is 3.34. The van der Waals surface area contributed by atoms with E-state index in [-0.39, 0.29) is 11.9 Å². The summed E-state index contributed by atoms with van der Waals surface area (Å²) in [5.74, 6) is 0.333. The summed E-state index contributed by atoms with van der Waals surface area (Å²) < 4.78 is 0. The van der Waals surface area contributed by atoms with Crippen LogP contribution < -0.4 is 15.5 Å². The van der Waals surface area contributed by atoms with E-state index in [0.29, 0.717) is 27.1 Å². The normalized spacial score (nSPS) is 13.4. The minimum Gasteiger partial charge on any atom is -0.465 e. The third-order valence-electron chi connectivity index (χ3n) is 3.92. The molecule has 138 valence electrons. The topological polar surface area (TPSA) is 120 Å². The van der Waals surface area contributed by atoms with Gasteiger partial charge in [-0.15, -0.1) is 0 Å². The second-order valence-electron chi connectivity index (χ2n) is 6.14. The number of hydrogen-bond donors (Lipinski definition) is 3. The van der Waals surface area contributed by atoms with Crippen LogP contribution >= 0.6 is 11.3 Å². The predicted octanol–water partition coefficient (Wildman–Crippen LogP) is 3.44. The van der Waals surface area contributed by atoms with Crippen molar-refractivity contribution < 1.29 is 14.7 Å². The zero-order valence-corrected chi connectivity index (χ0v) is 15.2. The Kier molecular flexibility index (Phi) is 4.32. The molecule has 0 saturated heterocycles. The van der Waals surface area contributed by atoms with Gasteiger partial charge in [0.25, 0.3) is 0 Å². The van der Waals surface area contributed by atoms with Gasteiger partial charge in [-0.25, -0.2) is 14.8 Å². The van der Waals surface area contributed by atoms with E-state index in [1.165, 1.54) is 18.3 Å². The van der Waals surface area contributed by atoms with E-state index < -0.39 is 6.09 Å². The predicted molar refractivity (Wildman–Crippen MR) is 103 cm³/mol. The van der Waals surface area contributed by atoms with Crippen LogP contribution in [0.2, 0.25) is 0 Å². The molecule has 2 amide bonds. The number of nitrogens with one attached hydrogen (secondary N) is 2. The lowest BCUT2D eigenvalue weighted by molar-refractivity contribution is -0.114. The molecule has 1 aliphatic rings. The number of anilines is 4. The Hall–Kier alpha value is -3.27. The Morgan fingerprint density at radius 3 is 2.78 bits per heavy atom. The molecule has 3 N–H and O–H groups in total. The van der Waals surface area contributed by atoms with E-state index >= 15 is 0 Å². The van der Waals surface area contributed by atoms with E-state index in [4.69, 9.17) is 5.11 Å². The molecule has 1 fully saturated rings. The smallest absolute Gasteiger partial charge is 0.409 e. The van der Waals surface area contributed by atoms with Crippen LogP contribution in [0.15, 0.2) is 30.5 Å². The Bertz CT molecular complexity index is 1030. The summed E-state index contributed by atoms with van der Waals surface area (Å²) in [6, 6.07) is 7.40. The lowest BCUT2D eigenvalue weighted by atomic mass is 10.2. The first-order valence-corrected chi connectivity index (χ1v) is 9.11. The molecule has 1 aromatic carbocycles. The fraction of sp³-hybridized carbons (Fsp3) is 0.235. The van der Waals surface area contributed by atoms with Crippen LogP contribution in [-0.2, 0) is 4.79 Å². The van der Waals surface area contributed by atoms with Crippen molar-refractivity contribution in [1.29, 1.82) is 0 Å². The van der Waals surface area contributed by atoms with Crippen LogP contribution in [0.4, 0.5) is 27.2 Å². The van der Waals surface area contributed by atoms with Crippen LogP contribution in [0, 0.1) is 0 Å². The van der Waals surface area contributed by atoms with Crippen LogP contribution in [-0.4, -0.2) is 38.1 Å². The number of amides is 2. The molecule has 4 rings (SSSR count). The number of hydrogen-bond acceptors (Lipinski definition) is 7. The summed E-state index contributed by atoms with van der Waals surface area (Å²) in [5, 5.41) is 14.4. The summed E-state index contributed by atoms with van der Waals surface area (Å²) in [4.78, 5) is 38.2.